The minimum atomic E-state index is -0.00197. The predicted octanol–water partition coefficient (Wildman–Crippen LogP) is 1.29. The highest BCUT2D eigenvalue weighted by molar-refractivity contribution is 5.80. The van der Waals surface area contributed by atoms with Crippen molar-refractivity contribution in [3.63, 3.8) is 0 Å². The maximum Gasteiger partial charge on any atom is 0.224 e. The highest BCUT2D eigenvalue weighted by atomic mass is 16.5. The first-order chi connectivity index (χ1) is 8.06. The number of hydrogen-bond donors (Lipinski definition) is 2. The van der Waals surface area contributed by atoms with Crippen molar-refractivity contribution >= 4 is 5.91 Å². The van der Waals surface area contributed by atoms with Crippen LogP contribution in [0.4, 0.5) is 0 Å². The van der Waals surface area contributed by atoms with Gasteiger partial charge in [-0.1, -0.05) is 20.3 Å². The standard InChI is InChI=1S/C13H26N2O2/c1-4-17-8-12(9(2)3)15-13(16)10-6-5-7-11(10)14/h9-12H,4-8,14H2,1-3H3,(H,15,16). The molecule has 0 saturated heterocycles. The molecule has 1 aliphatic carbocycles. The molecule has 3 atom stereocenters. The summed E-state index contributed by atoms with van der Waals surface area (Å²) in [6.07, 6.45) is 2.96. The Balaban J connectivity index is 2.45. The van der Waals surface area contributed by atoms with Crippen LogP contribution in [0.5, 0.6) is 0 Å². The zero-order valence-electron chi connectivity index (χ0n) is 11.2. The lowest BCUT2D eigenvalue weighted by atomic mass is 10.0. The van der Waals surface area contributed by atoms with Crippen molar-refractivity contribution in [2.45, 2.75) is 52.1 Å². The van der Waals surface area contributed by atoms with Gasteiger partial charge in [0.25, 0.3) is 0 Å². The Labute approximate surface area is 104 Å². The SMILES string of the molecule is CCOCC(NC(=O)C1CCCC1N)C(C)C. The van der Waals surface area contributed by atoms with Crippen LogP contribution in [0.2, 0.25) is 0 Å². The Morgan fingerprint density at radius 1 is 1.47 bits per heavy atom. The summed E-state index contributed by atoms with van der Waals surface area (Å²) >= 11 is 0. The van der Waals surface area contributed by atoms with Crippen LogP contribution in [0, 0.1) is 11.8 Å². The highest BCUT2D eigenvalue weighted by Gasteiger charge is 2.31. The first-order valence-corrected chi connectivity index (χ1v) is 6.70. The van der Waals surface area contributed by atoms with Gasteiger partial charge >= 0.3 is 0 Å². The molecule has 4 heteroatoms. The summed E-state index contributed by atoms with van der Waals surface area (Å²) in [5, 5.41) is 3.08. The molecule has 1 aliphatic rings. The van der Waals surface area contributed by atoms with E-state index in [0.29, 0.717) is 19.1 Å². The third-order valence-electron chi connectivity index (χ3n) is 3.54. The molecule has 0 aromatic rings. The van der Waals surface area contributed by atoms with Crippen LogP contribution >= 0.6 is 0 Å². The Kier molecular flexibility index (Phi) is 5.92. The second kappa shape index (κ2) is 6.97. The summed E-state index contributed by atoms with van der Waals surface area (Å²) in [5.74, 6) is 0.481. The van der Waals surface area contributed by atoms with E-state index in [0.717, 1.165) is 19.3 Å². The van der Waals surface area contributed by atoms with Crippen molar-refractivity contribution in [3.05, 3.63) is 0 Å². The van der Waals surface area contributed by atoms with Gasteiger partial charge in [0.05, 0.1) is 18.6 Å². The van der Waals surface area contributed by atoms with Gasteiger partial charge in [-0.2, -0.15) is 0 Å². The van der Waals surface area contributed by atoms with E-state index >= 15 is 0 Å². The Morgan fingerprint density at radius 3 is 2.65 bits per heavy atom. The van der Waals surface area contributed by atoms with Crippen LogP contribution in [-0.2, 0) is 9.53 Å². The lowest BCUT2D eigenvalue weighted by Gasteiger charge is -2.25. The first-order valence-electron chi connectivity index (χ1n) is 6.70. The van der Waals surface area contributed by atoms with E-state index < -0.39 is 0 Å². The van der Waals surface area contributed by atoms with E-state index in [1.54, 1.807) is 0 Å². The van der Waals surface area contributed by atoms with Gasteiger partial charge < -0.3 is 15.8 Å². The summed E-state index contributed by atoms with van der Waals surface area (Å²) in [7, 11) is 0. The first kappa shape index (κ1) is 14.5. The summed E-state index contributed by atoms with van der Waals surface area (Å²) in [4.78, 5) is 12.1. The monoisotopic (exact) mass is 242 g/mol. The molecule has 3 N–H and O–H groups in total. The largest absolute Gasteiger partial charge is 0.380 e. The summed E-state index contributed by atoms with van der Waals surface area (Å²) in [5.41, 5.74) is 5.94. The molecule has 0 heterocycles. The third kappa shape index (κ3) is 4.28. The number of nitrogens with one attached hydrogen (secondary N) is 1. The number of carbonyl (C=O) groups excluding carboxylic acids is 1. The molecule has 0 aromatic heterocycles. The maximum absolute atomic E-state index is 12.1. The van der Waals surface area contributed by atoms with Gasteiger partial charge in [-0.25, -0.2) is 0 Å². The quantitative estimate of drug-likeness (QED) is 0.737. The number of ether oxygens (including phenoxy) is 1. The molecule has 4 nitrogen and oxygen atoms in total. The summed E-state index contributed by atoms with van der Waals surface area (Å²) in [6.45, 7) is 7.42. The second-order valence-electron chi connectivity index (χ2n) is 5.22. The molecule has 100 valence electrons. The minimum absolute atomic E-state index is 0.00197. The molecule has 3 unspecified atom stereocenters. The lowest BCUT2D eigenvalue weighted by Crippen LogP contribution is -2.47. The fourth-order valence-electron chi connectivity index (χ4n) is 2.25. The molecule has 1 rings (SSSR count). The predicted molar refractivity (Wildman–Crippen MR) is 68.6 cm³/mol. The van der Waals surface area contributed by atoms with Crippen molar-refractivity contribution in [2.75, 3.05) is 13.2 Å². The second-order valence-corrected chi connectivity index (χ2v) is 5.22. The molecular formula is C13H26N2O2. The van der Waals surface area contributed by atoms with Crippen LogP contribution in [0.1, 0.15) is 40.0 Å². The molecule has 1 amide bonds. The number of hydrogen-bond acceptors (Lipinski definition) is 3. The molecular weight excluding hydrogens is 216 g/mol. The molecule has 0 aliphatic heterocycles. The zero-order valence-corrected chi connectivity index (χ0v) is 11.2. The molecule has 0 aromatic carbocycles. The lowest BCUT2D eigenvalue weighted by molar-refractivity contribution is -0.126. The van der Waals surface area contributed by atoms with Crippen molar-refractivity contribution in [3.8, 4) is 0 Å². The number of rotatable bonds is 6. The van der Waals surface area contributed by atoms with Gasteiger partial charge in [0.15, 0.2) is 0 Å². The summed E-state index contributed by atoms with van der Waals surface area (Å²) in [6, 6.07) is 0.130. The van der Waals surface area contributed by atoms with Crippen molar-refractivity contribution in [1.82, 2.24) is 5.32 Å². The van der Waals surface area contributed by atoms with E-state index in [-0.39, 0.29) is 23.9 Å². The average Bonchev–Trinajstić information content (AvgIpc) is 2.70. The van der Waals surface area contributed by atoms with Crippen LogP contribution in [-0.4, -0.2) is 31.2 Å². The molecule has 1 fully saturated rings. The van der Waals surface area contributed by atoms with E-state index in [2.05, 4.69) is 19.2 Å². The number of amides is 1. The van der Waals surface area contributed by atoms with E-state index in [9.17, 15) is 4.79 Å². The third-order valence-corrected chi connectivity index (χ3v) is 3.54. The fraction of sp³-hybridized carbons (Fsp3) is 0.923. The van der Waals surface area contributed by atoms with E-state index in [1.807, 2.05) is 6.92 Å². The fourth-order valence-corrected chi connectivity index (χ4v) is 2.25. The van der Waals surface area contributed by atoms with Crippen LogP contribution in [0.25, 0.3) is 0 Å². The maximum atomic E-state index is 12.1. The molecule has 0 bridgehead atoms. The van der Waals surface area contributed by atoms with Crippen LogP contribution in [0.15, 0.2) is 0 Å². The van der Waals surface area contributed by atoms with Gasteiger partial charge in [0.1, 0.15) is 0 Å². The Morgan fingerprint density at radius 2 is 2.18 bits per heavy atom. The Hall–Kier alpha value is -0.610. The highest BCUT2D eigenvalue weighted by Crippen LogP contribution is 2.24. The Bertz CT molecular complexity index is 244. The van der Waals surface area contributed by atoms with Gasteiger partial charge in [-0.05, 0) is 25.7 Å². The van der Waals surface area contributed by atoms with Crippen molar-refractivity contribution < 1.29 is 9.53 Å². The number of nitrogens with two attached hydrogens (primary N) is 1. The van der Waals surface area contributed by atoms with Crippen molar-refractivity contribution in [1.29, 1.82) is 0 Å². The number of carbonyl (C=O) groups is 1. The molecule has 17 heavy (non-hydrogen) atoms. The van der Waals surface area contributed by atoms with Gasteiger partial charge in [-0.15, -0.1) is 0 Å². The topological polar surface area (TPSA) is 64.3 Å². The smallest absolute Gasteiger partial charge is 0.224 e. The molecule has 0 radical (unpaired) electrons. The normalized spacial score (nSPS) is 26.2. The van der Waals surface area contributed by atoms with Gasteiger partial charge in [0.2, 0.25) is 5.91 Å². The van der Waals surface area contributed by atoms with Gasteiger partial charge in [-0.3, -0.25) is 4.79 Å². The zero-order chi connectivity index (χ0) is 12.8. The van der Waals surface area contributed by atoms with E-state index in [4.69, 9.17) is 10.5 Å². The van der Waals surface area contributed by atoms with Gasteiger partial charge in [0, 0.05) is 12.6 Å². The summed E-state index contributed by atoms with van der Waals surface area (Å²) < 4.78 is 5.40. The molecule has 1 saturated carbocycles. The van der Waals surface area contributed by atoms with Crippen LogP contribution in [0.3, 0.4) is 0 Å². The van der Waals surface area contributed by atoms with E-state index in [1.165, 1.54) is 0 Å². The minimum Gasteiger partial charge on any atom is -0.380 e. The average molecular weight is 242 g/mol. The van der Waals surface area contributed by atoms with Crippen LogP contribution < -0.4 is 11.1 Å². The van der Waals surface area contributed by atoms with Crippen molar-refractivity contribution in [2.24, 2.45) is 17.6 Å². The molecule has 0 spiro atoms.